The predicted molar refractivity (Wildman–Crippen MR) is 216 cm³/mol. The van der Waals surface area contributed by atoms with Crippen molar-refractivity contribution in [1.29, 1.82) is 0 Å². The molecule has 0 aliphatic carbocycles. The molecule has 0 spiro atoms. The average Bonchev–Trinajstić information content (AvgIpc) is 3.58. The van der Waals surface area contributed by atoms with Gasteiger partial charge in [-0.3, -0.25) is 19.2 Å². The molecular weight excluding hydrogens is 775 g/mol. The molecule has 11 nitrogen and oxygen atoms in total. The topological polar surface area (TPSA) is 121 Å². The van der Waals surface area contributed by atoms with Gasteiger partial charge < -0.3 is 33.4 Å². The van der Waals surface area contributed by atoms with E-state index in [1.165, 1.54) is 28.4 Å². The van der Waals surface area contributed by atoms with Crippen molar-refractivity contribution in [3.8, 4) is 23.0 Å². The van der Waals surface area contributed by atoms with E-state index in [9.17, 15) is 19.2 Å². The van der Waals surface area contributed by atoms with Gasteiger partial charge in [0.15, 0.2) is 15.6 Å². The average molecular weight is 815 g/mol. The fraction of sp³-hybridized carbons (Fsp3) is 0.317. The van der Waals surface area contributed by atoms with Gasteiger partial charge in [-0.05, 0) is 53.1 Å². The highest BCUT2D eigenvalue weighted by Gasteiger charge is 2.62. The van der Waals surface area contributed by atoms with Crippen molar-refractivity contribution in [3.05, 3.63) is 118 Å². The van der Waals surface area contributed by atoms with E-state index in [2.05, 4.69) is 0 Å². The van der Waals surface area contributed by atoms with E-state index >= 15 is 0 Å². The Kier molecular flexibility index (Phi) is 13.5. The van der Waals surface area contributed by atoms with Crippen molar-refractivity contribution < 1.29 is 42.8 Å². The van der Waals surface area contributed by atoms with Crippen molar-refractivity contribution in [2.75, 3.05) is 40.1 Å². The summed E-state index contributed by atoms with van der Waals surface area (Å²) in [5.41, 5.74) is 2.81. The van der Waals surface area contributed by atoms with Crippen LogP contribution in [-0.4, -0.2) is 91.0 Å². The SMILES string of the molecule is [B]OC(=O)[C@@]1(SCCN(C)C(=O)c2ccc(OCc3ccc(OC)cc3)c(OCc3ccc(OC)cc3)c2Cl)CN2C(=O)[C@@H](CC(=O)Cc3ccccc3)[C@H]2S1. The molecule has 4 aromatic carbocycles. The minimum absolute atomic E-state index is 0.0497. The number of ketones is 1. The maximum atomic E-state index is 13.9. The Bertz CT molecular complexity index is 2040. The van der Waals surface area contributed by atoms with Crippen LogP contribution >= 0.6 is 35.1 Å². The zero-order valence-electron chi connectivity index (χ0n) is 31.1. The van der Waals surface area contributed by atoms with Crippen LogP contribution in [0.5, 0.6) is 23.0 Å². The third kappa shape index (κ3) is 9.25. The zero-order chi connectivity index (χ0) is 39.8. The predicted octanol–water partition coefficient (Wildman–Crippen LogP) is 6.38. The molecule has 0 aromatic heterocycles. The molecule has 2 amide bonds. The van der Waals surface area contributed by atoms with Crippen LogP contribution in [0.25, 0.3) is 0 Å². The summed E-state index contributed by atoms with van der Waals surface area (Å²) >= 11 is 9.43. The number of ether oxygens (including phenoxy) is 4. The van der Waals surface area contributed by atoms with Gasteiger partial charge in [-0.25, -0.2) is 0 Å². The molecule has 2 aliphatic heterocycles. The molecule has 2 fully saturated rings. The number of carbonyl (C=O) groups is 4. The van der Waals surface area contributed by atoms with Crippen LogP contribution in [0.4, 0.5) is 0 Å². The van der Waals surface area contributed by atoms with E-state index in [0.29, 0.717) is 17.3 Å². The third-order valence-corrected chi connectivity index (χ3v) is 13.2. The molecule has 2 saturated heterocycles. The van der Waals surface area contributed by atoms with Crippen molar-refractivity contribution in [2.45, 2.75) is 35.5 Å². The number of β-lactam (4-membered cyclic amide) rings is 1. The summed E-state index contributed by atoms with van der Waals surface area (Å²) in [4.78, 5) is 56.0. The lowest BCUT2D eigenvalue weighted by Crippen LogP contribution is -2.57. The molecule has 2 radical (unpaired) electrons. The van der Waals surface area contributed by atoms with Crippen LogP contribution < -0.4 is 18.9 Å². The van der Waals surface area contributed by atoms with E-state index in [-0.39, 0.29) is 78.5 Å². The van der Waals surface area contributed by atoms with Gasteiger partial charge in [0.2, 0.25) is 5.91 Å². The summed E-state index contributed by atoms with van der Waals surface area (Å²) < 4.78 is 26.4. The highest BCUT2D eigenvalue weighted by Crippen LogP contribution is 2.55. The number of amides is 2. The molecule has 0 N–H and O–H groups in total. The summed E-state index contributed by atoms with van der Waals surface area (Å²) in [5, 5.41) is -0.283. The Labute approximate surface area is 340 Å². The Morgan fingerprint density at radius 2 is 1.52 bits per heavy atom. The molecule has 56 heavy (non-hydrogen) atoms. The normalized spacial score (nSPS) is 18.4. The number of rotatable bonds is 18. The van der Waals surface area contributed by atoms with Crippen LogP contribution in [0, 0.1) is 5.92 Å². The number of hydrogen-bond acceptors (Lipinski definition) is 11. The maximum absolute atomic E-state index is 13.9. The molecule has 0 bridgehead atoms. The van der Waals surface area contributed by atoms with Crippen molar-refractivity contribution in [2.24, 2.45) is 5.92 Å². The maximum Gasteiger partial charge on any atom is 0.378 e. The van der Waals surface area contributed by atoms with Gasteiger partial charge in [0.1, 0.15) is 30.5 Å². The molecular formula is C41H40BClN2O9S2. The van der Waals surface area contributed by atoms with E-state index in [1.807, 2.05) is 78.9 Å². The van der Waals surface area contributed by atoms with Gasteiger partial charge in [0, 0.05) is 32.2 Å². The highest BCUT2D eigenvalue weighted by molar-refractivity contribution is 8.20. The molecule has 2 aliphatic rings. The number of carbonyl (C=O) groups excluding carboxylic acids is 4. The molecule has 3 atom stereocenters. The van der Waals surface area contributed by atoms with Crippen molar-refractivity contribution in [3.63, 3.8) is 0 Å². The smallest absolute Gasteiger partial charge is 0.378 e. The summed E-state index contributed by atoms with van der Waals surface area (Å²) in [5.74, 6) is 0.455. The van der Waals surface area contributed by atoms with Gasteiger partial charge in [-0.2, -0.15) is 0 Å². The van der Waals surface area contributed by atoms with Crippen LogP contribution in [0.2, 0.25) is 5.02 Å². The Morgan fingerprint density at radius 3 is 2.12 bits per heavy atom. The van der Waals surface area contributed by atoms with Crippen LogP contribution in [0.3, 0.4) is 0 Å². The van der Waals surface area contributed by atoms with Crippen LogP contribution in [-0.2, 0) is 38.7 Å². The summed E-state index contributed by atoms with van der Waals surface area (Å²) in [6.07, 6.45) is 0.308. The quantitative estimate of drug-likeness (QED) is 0.0823. The molecule has 290 valence electrons. The highest BCUT2D eigenvalue weighted by atomic mass is 35.5. The van der Waals surface area contributed by atoms with E-state index in [1.54, 1.807) is 38.3 Å². The fourth-order valence-electron chi connectivity index (χ4n) is 6.40. The number of fused-ring (bicyclic) bond motifs is 1. The standard InChI is InChI=1S/C41H40BClN2O9S2/c1-44(19-20-55-41(40(49)54-42)25-45-38(48)33(39(45)56-41)22-29(46)21-26-7-5-4-6-8-26)37(47)32-17-18-34(52-23-27-9-13-30(50-2)14-10-27)36(35(32)43)53-24-28-11-15-31(51-3)16-12-28/h4-18,33,39H,19-25H2,1-3H3/t33-,39-,41-/m1/s1. The lowest BCUT2D eigenvalue weighted by atomic mass is 9.90. The molecule has 0 unspecified atom stereocenters. The number of methoxy groups -OCH3 is 2. The summed E-state index contributed by atoms with van der Waals surface area (Å²) in [6.45, 7) is 0.645. The monoisotopic (exact) mass is 814 g/mol. The first kappa shape index (κ1) is 40.9. The number of nitrogens with zero attached hydrogens (tertiary/aromatic N) is 2. The fourth-order valence-corrected chi connectivity index (χ4v) is 10.0. The Balaban J connectivity index is 1.11. The Hall–Kier alpha value is -4.79. The van der Waals surface area contributed by atoms with E-state index in [0.717, 1.165) is 22.4 Å². The molecule has 6 rings (SSSR count). The number of benzene rings is 4. The van der Waals surface area contributed by atoms with Crippen LogP contribution in [0.15, 0.2) is 91.0 Å². The lowest BCUT2D eigenvalue weighted by molar-refractivity contribution is -0.152. The Morgan fingerprint density at radius 1 is 0.893 bits per heavy atom. The third-order valence-electron chi connectivity index (χ3n) is 9.55. The second-order valence-corrected chi connectivity index (χ2v) is 16.7. The molecule has 15 heteroatoms. The van der Waals surface area contributed by atoms with Gasteiger partial charge in [0.25, 0.3) is 5.91 Å². The first-order valence-corrected chi connectivity index (χ1v) is 20.0. The molecule has 4 aromatic rings. The number of hydrogen-bond donors (Lipinski definition) is 0. The largest absolute Gasteiger partial charge is 0.542 e. The minimum atomic E-state index is -1.22. The number of thioether (sulfide) groups is 2. The zero-order valence-corrected chi connectivity index (χ0v) is 33.5. The second-order valence-electron chi connectivity index (χ2n) is 13.2. The molecule has 2 heterocycles. The second kappa shape index (κ2) is 18.4. The number of halogens is 1. The van der Waals surface area contributed by atoms with Gasteiger partial charge >= 0.3 is 14.0 Å². The van der Waals surface area contributed by atoms with E-state index in [4.69, 9.17) is 43.3 Å². The van der Waals surface area contributed by atoms with Crippen molar-refractivity contribution in [1.82, 2.24) is 9.80 Å². The lowest BCUT2D eigenvalue weighted by Gasteiger charge is -2.41. The van der Waals surface area contributed by atoms with E-state index < -0.39 is 16.0 Å². The van der Waals surface area contributed by atoms with Crippen molar-refractivity contribution >= 4 is 66.7 Å². The number of Topliss-reactive ketones (excluding diaryl/α,β-unsaturated/α-hetero) is 1. The van der Waals surface area contributed by atoms with Gasteiger partial charge in [0.05, 0.1) is 42.6 Å². The molecule has 0 saturated carbocycles. The minimum Gasteiger partial charge on any atom is -0.542 e. The summed E-state index contributed by atoms with van der Waals surface area (Å²) in [7, 11) is 10.2. The van der Waals surface area contributed by atoms with Gasteiger partial charge in [-0.1, -0.05) is 66.2 Å². The first-order valence-electron chi connectivity index (χ1n) is 17.7. The van der Waals surface area contributed by atoms with Gasteiger partial charge in [-0.15, -0.1) is 23.5 Å². The first-order chi connectivity index (χ1) is 27.0. The van der Waals surface area contributed by atoms with Crippen LogP contribution in [0.1, 0.15) is 33.5 Å². The summed E-state index contributed by atoms with van der Waals surface area (Å²) in [6, 6.07) is 27.4.